The quantitative estimate of drug-likeness (QED) is 0.896. The van der Waals surface area contributed by atoms with Crippen LogP contribution in [0.2, 0.25) is 0 Å². The van der Waals surface area contributed by atoms with Gasteiger partial charge in [-0.05, 0) is 25.3 Å². The molecule has 2 rings (SSSR count). The molecule has 1 aliphatic heterocycles. The van der Waals surface area contributed by atoms with E-state index in [9.17, 15) is 22.8 Å². The third-order valence-corrected chi connectivity index (χ3v) is 4.20. The fraction of sp³-hybridized carbons (Fsp3) is 0.667. The normalized spacial score (nSPS) is 21.6. The number of aryl methyl sites for hydroxylation is 2. The molecule has 1 fully saturated rings. The Bertz CT molecular complexity index is 600. The highest BCUT2D eigenvalue weighted by Crippen LogP contribution is 2.32. The molecule has 0 saturated carbocycles. The third kappa shape index (κ3) is 4.48. The van der Waals surface area contributed by atoms with Crippen LogP contribution < -0.4 is 5.32 Å². The first-order valence-corrected chi connectivity index (χ1v) is 7.78. The summed E-state index contributed by atoms with van der Waals surface area (Å²) in [6, 6.07) is -0.506. The lowest BCUT2D eigenvalue weighted by Gasteiger charge is -2.40. The zero-order valence-electron chi connectivity index (χ0n) is 13.6. The van der Waals surface area contributed by atoms with Crippen LogP contribution in [0.15, 0.2) is 12.3 Å². The van der Waals surface area contributed by atoms with E-state index in [0.717, 1.165) is 10.6 Å². The first-order chi connectivity index (χ1) is 11.2. The van der Waals surface area contributed by atoms with Crippen molar-refractivity contribution in [3.8, 4) is 0 Å². The van der Waals surface area contributed by atoms with Crippen molar-refractivity contribution in [2.75, 3.05) is 6.54 Å². The smallest absolute Gasteiger partial charge is 0.352 e. The number of carbonyl (C=O) groups is 2. The second kappa shape index (κ2) is 7.23. The Balaban J connectivity index is 2.06. The van der Waals surface area contributed by atoms with Gasteiger partial charge in [0, 0.05) is 44.9 Å². The number of piperidine rings is 1. The van der Waals surface area contributed by atoms with Crippen LogP contribution in [0.3, 0.4) is 0 Å². The molecule has 6 nitrogen and oxygen atoms in total. The van der Waals surface area contributed by atoms with Gasteiger partial charge in [0.2, 0.25) is 11.8 Å². The summed E-state index contributed by atoms with van der Waals surface area (Å²) < 4.78 is 41.3. The van der Waals surface area contributed by atoms with E-state index >= 15 is 0 Å². The number of alkyl halides is 3. The van der Waals surface area contributed by atoms with Crippen molar-refractivity contribution in [1.29, 1.82) is 0 Å². The molecule has 0 bridgehead atoms. The number of aromatic nitrogens is 2. The molecule has 2 heterocycles. The van der Waals surface area contributed by atoms with E-state index in [0.29, 0.717) is 6.42 Å². The fourth-order valence-electron chi connectivity index (χ4n) is 3.02. The number of halogens is 3. The summed E-state index contributed by atoms with van der Waals surface area (Å²) in [6.07, 6.45) is -2.60. The third-order valence-electron chi connectivity index (χ3n) is 4.20. The van der Waals surface area contributed by atoms with E-state index in [-0.39, 0.29) is 31.7 Å². The predicted molar refractivity (Wildman–Crippen MR) is 79.9 cm³/mol. The van der Waals surface area contributed by atoms with Crippen molar-refractivity contribution >= 4 is 11.8 Å². The Hall–Kier alpha value is -2.06. The molecule has 0 aliphatic carbocycles. The van der Waals surface area contributed by atoms with Crippen molar-refractivity contribution in [3.05, 3.63) is 18.0 Å². The van der Waals surface area contributed by atoms with Gasteiger partial charge in [-0.15, -0.1) is 0 Å². The van der Waals surface area contributed by atoms with Crippen molar-refractivity contribution in [1.82, 2.24) is 20.0 Å². The van der Waals surface area contributed by atoms with Gasteiger partial charge >= 0.3 is 6.18 Å². The lowest BCUT2D eigenvalue weighted by Crippen LogP contribution is -2.58. The monoisotopic (exact) mass is 346 g/mol. The average Bonchev–Trinajstić information content (AvgIpc) is 2.88. The number of hydrogen-bond acceptors (Lipinski definition) is 3. The number of rotatable bonds is 4. The van der Waals surface area contributed by atoms with Crippen LogP contribution in [0.25, 0.3) is 0 Å². The van der Waals surface area contributed by atoms with E-state index in [1.54, 1.807) is 24.0 Å². The Morgan fingerprint density at radius 2 is 2.08 bits per heavy atom. The molecule has 24 heavy (non-hydrogen) atoms. The first kappa shape index (κ1) is 18.3. The maximum atomic E-state index is 13.2. The molecule has 1 N–H and O–H groups in total. The largest absolute Gasteiger partial charge is 0.408 e. The van der Waals surface area contributed by atoms with Gasteiger partial charge in [-0.3, -0.25) is 14.3 Å². The molecule has 9 heteroatoms. The molecule has 0 spiro atoms. The van der Waals surface area contributed by atoms with E-state index in [2.05, 4.69) is 10.4 Å². The highest BCUT2D eigenvalue weighted by molar-refractivity contribution is 5.77. The second-order valence-electron chi connectivity index (χ2n) is 6.02. The van der Waals surface area contributed by atoms with Gasteiger partial charge in [-0.25, -0.2) is 0 Å². The fourth-order valence-corrected chi connectivity index (χ4v) is 3.02. The predicted octanol–water partition coefficient (Wildman–Crippen LogP) is 1.41. The molecule has 0 unspecified atom stereocenters. The lowest BCUT2D eigenvalue weighted by molar-refractivity contribution is -0.197. The number of likely N-dealkylation sites (tertiary alicyclic amines) is 1. The van der Waals surface area contributed by atoms with Gasteiger partial charge in [0.25, 0.3) is 0 Å². The van der Waals surface area contributed by atoms with Crippen LogP contribution in [-0.2, 0) is 23.1 Å². The van der Waals surface area contributed by atoms with Gasteiger partial charge in [0.15, 0.2) is 0 Å². The summed E-state index contributed by atoms with van der Waals surface area (Å²) in [5.41, 5.74) is 0.780. The van der Waals surface area contributed by atoms with Crippen LogP contribution in [-0.4, -0.2) is 51.3 Å². The number of amides is 2. The van der Waals surface area contributed by atoms with Crippen LogP contribution in [0.1, 0.15) is 31.9 Å². The minimum Gasteiger partial charge on any atom is -0.352 e. The van der Waals surface area contributed by atoms with Crippen LogP contribution in [0.5, 0.6) is 0 Å². The molecule has 1 aliphatic rings. The maximum absolute atomic E-state index is 13.2. The summed E-state index contributed by atoms with van der Waals surface area (Å²) in [5.74, 6) is -0.874. The van der Waals surface area contributed by atoms with Crippen LogP contribution >= 0.6 is 0 Å². The number of nitrogens with zero attached hydrogens (tertiary/aromatic N) is 3. The summed E-state index contributed by atoms with van der Waals surface area (Å²) in [5, 5.41) is 6.57. The molecule has 2 amide bonds. The van der Waals surface area contributed by atoms with Gasteiger partial charge in [0.05, 0.1) is 0 Å². The average molecular weight is 346 g/mol. The maximum Gasteiger partial charge on any atom is 0.408 e. The molecular weight excluding hydrogens is 325 g/mol. The number of carbonyl (C=O) groups excluding carboxylic acids is 2. The summed E-state index contributed by atoms with van der Waals surface area (Å²) in [6.45, 7) is 1.19. The van der Waals surface area contributed by atoms with Crippen LogP contribution in [0, 0.1) is 0 Å². The summed E-state index contributed by atoms with van der Waals surface area (Å²) in [7, 11) is 1.71. The van der Waals surface area contributed by atoms with Gasteiger partial charge in [-0.1, -0.05) is 0 Å². The lowest BCUT2D eigenvalue weighted by atomic mass is 9.96. The van der Waals surface area contributed by atoms with E-state index in [4.69, 9.17) is 0 Å². The second-order valence-corrected chi connectivity index (χ2v) is 6.02. The zero-order chi connectivity index (χ0) is 17.9. The Morgan fingerprint density at radius 1 is 1.38 bits per heavy atom. The Kier molecular flexibility index (Phi) is 5.51. The number of hydrogen-bond donors (Lipinski definition) is 1. The van der Waals surface area contributed by atoms with Crippen molar-refractivity contribution < 1.29 is 22.8 Å². The van der Waals surface area contributed by atoms with Gasteiger partial charge in [-0.2, -0.15) is 18.3 Å². The minimum absolute atomic E-state index is 0.0289. The van der Waals surface area contributed by atoms with E-state index in [1.807, 2.05) is 0 Å². The standard InChI is InChI=1S/C15H21F3N4O2/c1-10(23)20-11-3-5-13(15(16,17)18)22(9-11)14(24)6-4-12-7-8-19-21(12)2/h7-8,11,13H,3-6,9H2,1-2H3,(H,20,23)/t11-,13-/m0/s1. The molecule has 2 atom stereocenters. The Labute approximate surface area is 138 Å². The SMILES string of the molecule is CC(=O)N[C@H]1CC[C@@H](C(F)(F)F)N(C(=O)CCc2ccnn2C)C1. The first-order valence-electron chi connectivity index (χ1n) is 7.78. The van der Waals surface area contributed by atoms with E-state index in [1.165, 1.54) is 6.92 Å². The molecule has 0 aromatic carbocycles. The molecule has 0 radical (unpaired) electrons. The number of nitrogens with one attached hydrogen (secondary N) is 1. The van der Waals surface area contributed by atoms with Gasteiger partial charge < -0.3 is 10.2 Å². The van der Waals surface area contributed by atoms with Crippen molar-refractivity contribution in [2.45, 2.75) is 50.9 Å². The Morgan fingerprint density at radius 3 is 2.62 bits per heavy atom. The van der Waals surface area contributed by atoms with E-state index < -0.39 is 24.2 Å². The topological polar surface area (TPSA) is 67.2 Å². The summed E-state index contributed by atoms with van der Waals surface area (Å²) in [4.78, 5) is 24.4. The van der Waals surface area contributed by atoms with Crippen molar-refractivity contribution in [2.24, 2.45) is 7.05 Å². The van der Waals surface area contributed by atoms with Crippen molar-refractivity contribution in [3.63, 3.8) is 0 Å². The minimum atomic E-state index is -4.47. The molecular formula is C15H21F3N4O2. The highest BCUT2D eigenvalue weighted by Gasteiger charge is 2.47. The molecule has 1 saturated heterocycles. The zero-order valence-corrected chi connectivity index (χ0v) is 13.6. The molecule has 134 valence electrons. The highest BCUT2D eigenvalue weighted by atomic mass is 19.4. The van der Waals surface area contributed by atoms with Gasteiger partial charge in [0.1, 0.15) is 6.04 Å². The molecule has 1 aromatic heterocycles. The molecule has 1 aromatic rings. The summed E-state index contributed by atoms with van der Waals surface area (Å²) >= 11 is 0. The van der Waals surface area contributed by atoms with Crippen LogP contribution in [0.4, 0.5) is 13.2 Å².